The van der Waals surface area contributed by atoms with E-state index in [-0.39, 0.29) is 0 Å². The molecule has 1 N–H and O–H groups in total. The Balaban J connectivity index is 1.71. The molecule has 1 aromatic rings. The van der Waals surface area contributed by atoms with Crippen LogP contribution in [0.25, 0.3) is 0 Å². The smallest absolute Gasteiger partial charge is 0.135 e. The standard InChI is InChI=1S/C15H23ClN2OS/c1-18-7-3-5-12(10-18)19-13-8-14(16)20-15(13)11-4-2-6-17-9-11/h8,11-12,17H,2-7,9-10H2,1H3. The number of likely N-dealkylation sites (tertiary alicyclic amines) is 1. The summed E-state index contributed by atoms with van der Waals surface area (Å²) < 4.78 is 7.14. The molecule has 2 fully saturated rings. The zero-order valence-corrected chi connectivity index (χ0v) is 13.6. The number of nitrogens with zero attached hydrogens (tertiary/aromatic N) is 1. The maximum absolute atomic E-state index is 6.29. The lowest BCUT2D eigenvalue weighted by Gasteiger charge is -2.31. The normalized spacial score (nSPS) is 28.5. The third kappa shape index (κ3) is 3.48. The molecular weight excluding hydrogens is 292 g/mol. The van der Waals surface area contributed by atoms with E-state index in [0.29, 0.717) is 12.0 Å². The van der Waals surface area contributed by atoms with E-state index in [1.165, 1.54) is 30.7 Å². The number of ether oxygens (including phenoxy) is 1. The van der Waals surface area contributed by atoms with Crippen LogP contribution >= 0.6 is 22.9 Å². The third-order valence-corrected chi connectivity index (χ3v) is 5.65. The average Bonchev–Trinajstić information content (AvgIpc) is 2.80. The van der Waals surface area contributed by atoms with Crippen molar-refractivity contribution in [2.75, 3.05) is 33.2 Å². The highest BCUT2D eigenvalue weighted by Crippen LogP contribution is 2.41. The summed E-state index contributed by atoms with van der Waals surface area (Å²) >= 11 is 7.94. The molecule has 2 aliphatic rings. The molecule has 2 aliphatic heterocycles. The topological polar surface area (TPSA) is 24.5 Å². The number of piperidine rings is 2. The van der Waals surface area contributed by atoms with Crippen LogP contribution in [0.15, 0.2) is 6.07 Å². The number of rotatable bonds is 3. The number of hydrogen-bond acceptors (Lipinski definition) is 4. The van der Waals surface area contributed by atoms with E-state index in [9.17, 15) is 0 Å². The zero-order chi connectivity index (χ0) is 13.9. The second-order valence-electron chi connectivity index (χ2n) is 5.97. The van der Waals surface area contributed by atoms with Crippen LogP contribution in [0.2, 0.25) is 4.34 Å². The molecule has 5 heteroatoms. The predicted molar refractivity (Wildman–Crippen MR) is 85.3 cm³/mol. The van der Waals surface area contributed by atoms with Crippen LogP contribution in [0.4, 0.5) is 0 Å². The molecule has 20 heavy (non-hydrogen) atoms. The first-order chi connectivity index (χ1) is 9.72. The molecule has 2 saturated heterocycles. The maximum Gasteiger partial charge on any atom is 0.135 e. The van der Waals surface area contributed by atoms with E-state index in [0.717, 1.165) is 36.1 Å². The monoisotopic (exact) mass is 314 g/mol. The lowest BCUT2D eigenvalue weighted by molar-refractivity contribution is 0.103. The predicted octanol–water partition coefficient (Wildman–Crippen LogP) is 3.34. The van der Waals surface area contributed by atoms with E-state index in [2.05, 4.69) is 17.3 Å². The van der Waals surface area contributed by atoms with Crippen LogP contribution in [0.3, 0.4) is 0 Å². The Labute approximate surface area is 130 Å². The summed E-state index contributed by atoms with van der Waals surface area (Å²) in [6, 6.07) is 2.02. The van der Waals surface area contributed by atoms with Crippen molar-refractivity contribution < 1.29 is 4.74 Å². The van der Waals surface area contributed by atoms with Crippen LogP contribution < -0.4 is 10.1 Å². The van der Waals surface area contributed by atoms with Crippen molar-refractivity contribution in [1.82, 2.24) is 10.2 Å². The quantitative estimate of drug-likeness (QED) is 0.926. The van der Waals surface area contributed by atoms with Gasteiger partial charge in [0, 0.05) is 25.1 Å². The summed E-state index contributed by atoms with van der Waals surface area (Å²) in [5.74, 6) is 1.60. The Hall–Kier alpha value is -0.290. The Morgan fingerprint density at radius 1 is 1.40 bits per heavy atom. The molecule has 0 saturated carbocycles. The Morgan fingerprint density at radius 3 is 3.05 bits per heavy atom. The second-order valence-corrected chi connectivity index (χ2v) is 7.68. The lowest BCUT2D eigenvalue weighted by atomic mass is 9.97. The highest BCUT2D eigenvalue weighted by atomic mass is 35.5. The molecule has 0 radical (unpaired) electrons. The highest BCUT2D eigenvalue weighted by Gasteiger charge is 2.25. The summed E-state index contributed by atoms with van der Waals surface area (Å²) in [5, 5.41) is 3.48. The molecule has 0 aromatic carbocycles. The van der Waals surface area contributed by atoms with Gasteiger partial charge in [0.1, 0.15) is 11.9 Å². The van der Waals surface area contributed by atoms with E-state index in [4.69, 9.17) is 16.3 Å². The van der Waals surface area contributed by atoms with Crippen molar-refractivity contribution in [3.8, 4) is 5.75 Å². The van der Waals surface area contributed by atoms with Crippen molar-refractivity contribution in [3.05, 3.63) is 15.3 Å². The molecule has 2 unspecified atom stereocenters. The minimum absolute atomic E-state index is 0.315. The Kier molecular flexibility index (Phi) is 4.87. The molecule has 0 bridgehead atoms. The van der Waals surface area contributed by atoms with Crippen LogP contribution in [0.1, 0.15) is 36.5 Å². The van der Waals surface area contributed by atoms with Gasteiger partial charge in [0.2, 0.25) is 0 Å². The fourth-order valence-corrected chi connectivity index (χ4v) is 4.51. The molecule has 112 valence electrons. The van der Waals surface area contributed by atoms with Crippen LogP contribution in [-0.4, -0.2) is 44.2 Å². The van der Waals surface area contributed by atoms with Gasteiger partial charge in [0.15, 0.2) is 0 Å². The van der Waals surface area contributed by atoms with E-state index in [1.54, 1.807) is 11.3 Å². The van der Waals surface area contributed by atoms with Crippen molar-refractivity contribution in [3.63, 3.8) is 0 Å². The minimum Gasteiger partial charge on any atom is -0.488 e. The van der Waals surface area contributed by atoms with Crippen LogP contribution in [0.5, 0.6) is 5.75 Å². The molecule has 1 aromatic heterocycles. The summed E-state index contributed by atoms with van der Waals surface area (Å²) in [4.78, 5) is 3.69. The second kappa shape index (κ2) is 6.65. The molecule has 3 heterocycles. The van der Waals surface area contributed by atoms with Gasteiger partial charge in [-0.1, -0.05) is 11.6 Å². The molecule has 0 amide bonds. The molecule has 2 atom stereocenters. The maximum atomic E-state index is 6.29. The fourth-order valence-electron chi connectivity index (χ4n) is 3.21. The SMILES string of the molecule is CN1CCCC(Oc2cc(Cl)sc2C2CCCNC2)C1. The lowest BCUT2D eigenvalue weighted by Crippen LogP contribution is -2.38. The summed E-state index contributed by atoms with van der Waals surface area (Å²) in [5.41, 5.74) is 0. The highest BCUT2D eigenvalue weighted by molar-refractivity contribution is 7.16. The first kappa shape index (κ1) is 14.6. The number of thiophene rings is 1. The van der Waals surface area contributed by atoms with Gasteiger partial charge < -0.3 is 15.0 Å². The summed E-state index contributed by atoms with van der Waals surface area (Å²) in [6.07, 6.45) is 5.17. The van der Waals surface area contributed by atoms with Gasteiger partial charge >= 0.3 is 0 Å². The van der Waals surface area contributed by atoms with Crippen molar-refractivity contribution in [1.29, 1.82) is 0 Å². The summed E-state index contributed by atoms with van der Waals surface area (Å²) in [6.45, 7) is 4.40. The fraction of sp³-hybridized carbons (Fsp3) is 0.733. The van der Waals surface area contributed by atoms with Gasteiger partial charge in [-0.3, -0.25) is 0 Å². The molecular formula is C15H23ClN2OS. The van der Waals surface area contributed by atoms with Crippen LogP contribution in [0, 0.1) is 0 Å². The van der Waals surface area contributed by atoms with Crippen LogP contribution in [-0.2, 0) is 0 Å². The van der Waals surface area contributed by atoms with Crippen molar-refractivity contribution >= 4 is 22.9 Å². The average molecular weight is 315 g/mol. The van der Waals surface area contributed by atoms with Crippen molar-refractivity contribution in [2.45, 2.75) is 37.7 Å². The molecule has 3 nitrogen and oxygen atoms in total. The van der Waals surface area contributed by atoms with Gasteiger partial charge in [-0.15, -0.1) is 11.3 Å². The molecule has 3 rings (SSSR count). The first-order valence-corrected chi connectivity index (χ1v) is 8.77. The number of likely N-dealkylation sites (N-methyl/N-ethyl adjacent to an activating group) is 1. The minimum atomic E-state index is 0.315. The number of nitrogens with one attached hydrogen (secondary N) is 1. The Bertz CT molecular complexity index is 445. The summed E-state index contributed by atoms with van der Waals surface area (Å²) in [7, 11) is 2.17. The number of halogens is 1. The zero-order valence-electron chi connectivity index (χ0n) is 12.0. The van der Waals surface area contributed by atoms with E-state index >= 15 is 0 Å². The van der Waals surface area contributed by atoms with Gasteiger partial charge in [-0.05, 0) is 45.8 Å². The van der Waals surface area contributed by atoms with Gasteiger partial charge in [-0.2, -0.15) is 0 Å². The van der Waals surface area contributed by atoms with E-state index in [1.807, 2.05) is 6.07 Å². The Morgan fingerprint density at radius 2 is 2.30 bits per heavy atom. The first-order valence-electron chi connectivity index (χ1n) is 7.57. The van der Waals surface area contributed by atoms with Gasteiger partial charge in [0.05, 0.1) is 9.21 Å². The van der Waals surface area contributed by atoms with Gasteiger partial charge in [0.25, 0.3) is 0 Å². The third-order valence-electron chi connectivity index (χ3n) is 4.24. The molecule has 0 aliphatic carbocycles. The van der Waals surface area contributed by atoms with Crippen molar-refractivity contribution in [2.24, 2.45) is 0 Å². The number of hydrogen-bond donors (Lipinski definition) is 1. The van der Waals surface area contributed by atoms with E-state index < -0.39 is 0 Å². The largest absolute Gasteiger partial charge is 0.488 e. The van der Waals surface area contributed by atoms with Gasteiger partial charge in [-0.25, -0.2) is 0 Å². The molecule has 0 spiro atoms.